The minimum atomic E-state index is 0.288. The van der Waals surface area contributed by atoms with Gasteiger partial charge in [0.15, 0.2) is 0 Å². The molecule has 2 heteroatoms. The number of benzene rings is 3. The second-order valence-electron chi connectivity index (χ2n) is 5.50. The van der Waals surface area contributed by atoms with Gasteiger partial charge in [-0.2, -0.15) is 0 Å². The summed E-state index contributed by atoms with van der Waals surface area (Å²) in [6.07, 6.45) is 1.01. The summed E-state index contributed by atoms with van der Waals surface area (Å²) in [5.74, 6) is 1.20. The van der Waals surface area contributed by atoms with Crippen LogP contribution < -0.4 is 4.74 Å². The van der Waals surface area contributed by atoms with Gasteiger partial charge in [-0.3, -0.25) is 0 Å². The van der Waals surface area contributed by atoms with Gasteiger partial charge in [0.1, 0.15) is 11.5 Å². The van der Waals surface area contributed by atoms with Gasteiger partial charge in [-0.05, 0) is 52.9 Å². The average molecular weight is 304 g/mol. The molecule has 0 unspecified atom stereocenters. The number of hydrogen-bond acceptors (Lipinski definition) is 2. The van der Waals surface area contributed by atoms with E-state index < -0.39 is 0 Å². The van der Waals surface area contributed by atoms with E-state index in [1.54, 1.807) is 12.1 Å². The minimum absolute atomic E-state index is 0.288. The SMILES string of the molecule is CCCOc1ccc(-c2ccc(-c3ccc(O)cc3)cc2)cc1. The molecule has 0 atom stereocenters. The molecule has 23 heavy (non-hydrogen) atoms. The second-order valence-corrected chi connectivity index (χ2v) is 5.50. The smallest absolute Gasteiger partial charge is 0.119 e. The maximum absolute atomic E-state index is 9.36. The van der Waals surface area contributed by atoms with E-state index in [4.69, 9.17) is 4.74 Å². The first-order valence-electron chi connectivity index (χ1n) is 7.89. The van der Waals surface area contributed by atoms with Gasteiger partial charge in [-0.1, -0.05) is 55.5 Å². The highest BCUT2D eigenvalue weighted by molar-refractivity contribution is 5.70. The Morgan fingerprint density at radius 3 is 1.48 bits per heavy atom. The van der Waals surface area contributed by atoms with Crippen molar-refractivity contribution in [2.75, 3.05) is 6.61 Å². The first-order valence-corrected chi connectivity index (χ1v) is 7.89. The Bertz CT molecular complexity index is 741. The predicted octanol–water partition coefficient (Wildman–Crippen LogP) is 5.52. The zero-order valence-electron chi connectivity index (χ0n) is 13.2. The van der Waals surface area contributed by atoms with E-state index in [2.05, 4.69) is 43.3 Å². The lowest BCUT2D eigenvalue weighted by Crippen LogP contribution is -1.94. The molecule has 1 N–H and O–H groups in total. The third-order valence-corrected chi connectivity index (χ3v) is 3.75. The second kappa shape index (κ2) is 7.01. The van der Waals surface area contributed by atoms with Crippen LogP contribution in [0.1, 0.15) is 13.3 Å². The Balaban J connectivity index is 1.77. The van der Waals surface area contributed by atoms with Crippen molar-refractivity contribution in [3.05, 3.63) is 72.8 Å². The van der Waals surface area contributed by atoms with Gasteiger partial charge in [0.05, 0.1) is 6.61 Å². The highest BCUT2D eigenvalue weighted by atomic mass is 16.5. The standard InChI is InChI=1S/C21H20O2/c1-2-15-23-21-13-9-19(10-14-21)17-5-3-16(4-6-17)18-7-11-20(22)12-8-18/h3-14,22H,2,15H2,1H3. The van der Waals surface area contributed by atoms with Crippen LogP contribution in [0.25, 0.3) is 22.3 Å². The lowest BCUT2D eigenvalue weighted by atomic mass is 10.0. The van der Waals surface area contributed by atoms with Crippen molar-refractivity contribution in [3.8, 4) is 33.8 Å². The summed E-state index contributed by atoms with van der Waals surface area (Å²) >= 11 is 0. The summed E-state index contributed by atoms with van der Waals surface area (Å²) < 4.78 is 5.61. The van der Waals surface area contributed by atoms with E-state index in [0.29, 0.717) is 0 Å². The quantitative estimate of drug-likeness (QED) is 0.673. The minimum Gasteiger partial charge on any atom is -0.508 e. The topological polar surface area (TPSA) is 29.5 Å². The van der Waals surface area contributed by atoms with Gasteiger partial charge >= 0.3 is 0 Å². The molecule has 3 aromatic carbocycles. The molecule has 0 aliphatic rings. The third-order valence-electron chi connectivity index (χ3n) is 3.75. The number of phenolic OH excluding ortho intramolecular Hbond substituents is 1. The van der Waals surface area contributed by atoms with Crippen LogP contribution >= 0.6 is 0 Å². The lowest BCUT2D eigenvalue weighted by molar-refractivity contribution is 0.317. The zero-order valence-corrected chi connectivity index (χ0v) is 13.2. The molecule has 2 nitrogen and oxygen atoms in total. The summed E-state index contributed by atoms with van der Waals surface area (Å²) in [4.78, 5) is 0. The molecule has 0 aromatic heterocycles. The molecule has 0 amide bonds. The Labute approximate surface area is 137 Å². The van der Waals surface area contributed by atoms with Crippen molar-refractivity contribution in [1.82, 2.24) is 0 Å². The van der Waals surface area contributed by atoms with Gasteiger partial charge in [0, 0.05) is 0 Å². The predicted molar refractivity (Wildman–Crippen MR) is 94.8 cm³/mol. The van der Waals surface area contributed by atoms with Crippen LogP contribution in [0.3, 0.4) is 0 Å². The maximum Gasteiger partial charge on any atom is 0.119 e. The van der Waals surface area contributed by atoms with Crippen molar-refractivity contribution >= 4 is 0 Å². The van der Waals surface area contributed by atoms with Crippen molar-refractivity contribution in [1.29, 1.82) is 0 Å². The zero-order chi connectivity index (χ0) is 16.1. The van der Waals surface area contributed by atoms with E-state index in [-0.39, 0.29) is 5.75 Å². The van der Waals surface area contributed by atoms with Crippen LogP contribution in [0, 0.1) is 0 Å². The third kappa shape index (κ3) is 3.72. The van der Waals surface area contributed by atoms with Gasteiger partial charge in [0.25, 0.3) is 0 Å². The van der Waals surface area contributed by atoms with E-state index in [0.717, 1.165) is 29.9 Å². The highest BCUT2D eigenvalue weighted by Gasteiger charge is 2.01. The lowest BCUT2D eigenvalue weighted by Gasteiger charge is -2.07. The molecular weight excluding hydrogens is 284 g/mol. The van der Waals surface area contributed by atoms with Gasteiger partial charge in [0.2, 0.25) is 0 Å². The Kier molecular flexibility index (Phi) is 4.62. The molecule has 0 heterocycles. The molecule has 0 spiro atoms. The van der Waals surface area contributed by atoms with E-state index in [1.807, 2.05) is 24.3 Å². The Morgan fingerprint density at radius 1 is 0.652 bits per heavy atom. The van der Waals surface area contributed by atoms with Crippen LogP contribution in [0.2, 0.25) is 0 Å². The van der Waals surface area contributed by atoms with E-state index in [1.165, 1.54) is 11.1 Å². The van der Waals surface area contributed by atoms with Gasteiger partial charge in [-0.15, -0.1) is 0 Å². The molecular formula is C21H20O2. The fourth-order valence-electron chi connectivity index (χ4n) is 2.47. The molecule has 116 valence electrons. The van der Waals surface area contributed by atoms with Crippen molar-refractivity contribution in [2.24, 2.45) is 0 Å². The summed E-state index contributed by atoms with van der Waals surface area (Å²) in [7, 11) is 0. The van der Waals surface area contributed by atoms with Crippen LogP contribution in [0.15, 0.2) is 72.8 Å². The van der Waals surface area contributed by atoms with Crippen molar-refractivity contribution < 1.29 is 9.84 Å². The fraction of sp³-hybridized carbons (Fsp3) is 0.143. The van der Waals surface area contributed by atoms with Crippen LogP contribution in [-0.4, -0.2) is 11.7 Å². The molecule has 0 saturated carbocycles. The van der Waals surface area contributed by atoms with Gasteiger partial charge < -0.3 is 9.84 Å². The average Bonchev–Trinajstić information content (AvgIpc) is 2.61. The largest absolute Gasteiger partial charge is 0.508 e. The number of aromatic hydroxyl groups is 1. The molecule has 0 aliphatic heterocycles. The highest BCUT2D eigenvalue weighted by Crippen LogP contribution is 2.27. The molecule has 3 rings (SSSR count). The maximum atomic E-state index is 9.36. The fourth-order valence-corrected chi connectivity index (χ4v) is 2.47. The summed E-state index contributed by atoms with van der Waals surface area (Å²) in [5, 5.41) is 9.36. The van der Waals surface area contributed by atoms with E-state index in [9.17, 15) is 5.11 Å². The normalized spacial score (nSPS) is 10.5. The summed E-state index contributed by atoms with van der Waals surface area (Å²) in [6.45, 7) is 2.85. The first kappa shape index (κ1) is 15.2. The summed E-state index contributed by atoms with van der Waals surface area (Å²) in [5.41, 5.74) is 4.58. The van der Waals surface area contributed by atoms with Crippen LogP contribution in [-0.2, 0) is 0 Å². The van der Waals surface area contributed by atoms with Crippen LogP contribution in [0.5, 0.6) is 11.5 Å². The monoisotopic (exact) mass is 304 g/mol. The molecule has 0 fully saturated rings. The Hall–Kier alpha value is -2.74. The van der Waals surface area contributed by atoms with Crippen molar-refractivity contribution in [3.63, 3.8) is 0 Å². The molecule has 0 saturated heterocycles. The first-order chi connectivity index (χ1) is 11.3. The molecule has 0 radical (unpaired) electrons. The number of phenols is 1. The van der Waals surface area contributed by atoms with Crippen molar-refractivity contribution in [2.45, 2.75) is 13.3 Å². The molecule has 3 aromatic rings. The number of hydrogen-bond donors (Lipinski definition) is 1. The molecule has 0 bridgehead atoms. The summed E-state index contributed by atoms with van der Waals surface area (Å²) in [6, 6.07) is 23.9. The number of ether oxygens (including phenoxy) is 1. The van der Waals surface area contributed by atoms with Gasteiger partial charge in [-0.25, -0.2) is 0 Å². The molecule has 0 aliphatic carbocycles. The van der Waals surface area contributed by atoms with Crippen LogP contribution in [0.4, 0.5) is 0 Å². The number of rotatable bonds is 5. The Morgan fingerprint density at radius 2 is 1.04 bits per heavy atom. The van der Waals surface area contributed by atoms with E-state index >= 15 is 0 Å².